The van der Waals surface area contributed by atoms with Crippen LogP contribution in [0.1, 0.15) is 17.5 Å². The molecule has 1 atom stereocenters. The summed E-state index contributed by atoms with van der Waals surface area (Å²) in [6.07, 6.45) is 0.482. The van der Waals surface area contributed by atoms with Gasteiger partial charge >= 0.3 is 0 Å². The Bertz CT molecular complexity index is 207. The predicted octanol–water partition coefficient (Wildman–Crippen LogP) is 1.37. The number of aryl methyl sites for hydroxylation is 1. The van der Waals surface area contributed by atoms with Crippen molar-refractivity contribution in [1.29, 1.82) is 0 Å². The number of aliphatic hydroxyl groups excluding tert-OH is 1. The van der Waals surface area contributed by atoms with E-state index in [1.165, 1.54) is 4.88 Å². The van der Waals surface area contributed by atoms with Crippen LogP contribution in [0.3, 0.4) is 0 Å². The van der Waals surface area contributed by atoms with Crippen LogP contribution in [0.4, 0.5) is 0 Å². The summed E-state index contributed by atoms with van der Waals surface area (Å²) in [6, 6.07) is 0. The van der Waals surface area contributed by atoms with E-state index in [0.717, 1.165) is 12.1 Å². The van der Waals surface area contributed by atoms with Gasteiger partial charge in [0.1, 0.15) is 0 Å². The molecule has 0 saturated carbocycles. The number of hydrogen-bond donors (Lipinski definition) is 1. The summed E-state index contributed by atoms with van der Waals surface area (Å²) in [7, 11) is 0. The Morgan fingerprint density at radius 1 is 1.80 bits per heavy atom. The first kappa shape index (κ1) is 7.69. The molecule has 0 aliphatic carbocycles. The van der Waals surface area contributed by atoms with Gasteiger partial charge in [-0.1, -0.05) is 0 Å². The van der Waals surface area contributed by atoms with Crippen LogP contribution in [0.15, 0.2) is 5.51 Å². The summed E-state index contributed by atoms with van der Waals surface area (Å²) < 4.78 is 0. The van der Waals surface area contributed by atoms with Crippen LogP contribution in [0.2, 0.25) is 0 Å². The van der Waals surface area contributed by atoms with Crippen LogP contribution in [0.25, 0.3) is 0 Å². The Labute approximate surface area is 64.5 Å². The SMILES string of the molecule is Cc1ncsc1CC(C)O. The first-order valence-electron chi connectivity index (χ1n) is 3.27. The highest BCUT2D eigenvalue weighted by atomic mass is 32.1. The van der Waals surface area contributed by atoms with Gasteiger partial charge in [0, 0.05) is 11.3 Å². The Hall–Kier alpha value is -0.410. The van der Waals surface area contributed by atoms with E-state index in [9.17, 15) is 0 Å². The van der Waals surface area contributed by atoms with Gasteiger partial charge in [-0.05, 0) is 13.8 Å². The topological polar surface area (TPSA) is 33.1 Å². The van der Waals surface area contributed by atoms with Gasteiger partial charge in [-0.25, -0.2) is 4.98 Å². The van der Waals surface area contributed by atoms with Gasteiger partial charge in [0.15, 0.2) is 0 Å². The highest BCUT2D eigenvalue weighted by Crippen LogP contribution is 2.13. The third-order valence-corrected chi connectivity index (χ3v) is 2.28. The van der Waals surface area contributed by atoms with Crippen LogP contribution in [-0.4, -0.2) is 16.2 Å². The van der Waals surface area contributed by atoms with E-state index < -0.39 is 0 Å². The minimum absolute atomic E-state index is 0.251. The minimum atomic E-state index is -0.251. The number of rotatable bonds is 2. The summed E-state index contributed by atoms with van der Waals surface area (Å²) in [5.41, 5.74) is 2.86. The van der Waals surface area contributed by atoms with Gasteiger partial charge in [0.05, 0.1) is 17.3 Å². The van der Waals surface area contributed by atoms with E-state index in [0.29, 0.717) is 0 Å². The quantitative estimate of drug-likeness (QED) is 0.703. The zero-order valence-corrected chi connectivity index (χ0v) is 6.98. The standard InChI is InChI=1S/C7H11NOS/c1-5(9)3-7-6(2)8-4-10-7/h4-5,9H,3H2,1-2H3. The Morgan fingerprint density at radius 2 is 2.50 bits per heavy atom. The molecule has 1 unspecified atom stereocenters. The van der Waals surface area contributed by atoms with E-state index in [1.54, 1.807) is 18.3 Å². The summed E-state index contributed by atoms with van der Waals surface area (Å²) in [5.74, 6) is 0. The molecule has 0 radical (unpaired) electrons. The molecule has 0 amide bonds. The molecule has 0 aromatic carbocycles. The first-order chi connectivity index (χ1) is 4.70. The largest absolute Gasteiger partial charge is 0.393 e. The second-order valence-corrected chi connectivity index (χ2v) is 3.35. The molecule has 1 aromatic rings. The molecule has 0 spiro atoms. The zero-order valence-electron chi connectivity index (χ0n) is 6.16. The van der Waals surface area contributed by atoms with Crippen LogP contribution in [0, 0.1) is 6.92 Å². The Kier molecular flexibility index (Phi) is 2.40. The van der Waals surface area contributed by atoms with Gasteiger partial charge in [0.2, 0.25) is 0 Å². The van der Waals surface area contributed by atoms with Crippen molar-refractivity contribution < 1.29 is 5.11 Å². The second-order valence-electron chi connectivity index (χ2n) is 2.41. The van der Waals surface area contributed by atoms with Gasteiger partial charge in [-0.2, -0.15) is 0 Å². The monoisotopic (exact) mass is 157 g/mol. The fourth-order valence-electron chi connectivity index (χ4n) is 0.790. The molecule has 0 fully saturated rings. The van der Waals surface area contributed by atoms with Crippen molar-refractivity contribution in [3.63, 3.8) is 0 Å². The third kappa shape index (κ3) is 1.78. The van der Waals surface area contributed by atoms with Crippen molar-refractivity contribution in [3.8, 4) is 0 Å². The highest BCUT2D eigenvalue weighted by Gasteiger charge is 2.03. The fourth-order valence-corrected chi connectivity index (χ4v) is 1.69. The van der Waals surface area contributed by atoms with Gasteiger partial charge in [-0.3, -0.25) is 0 Å². The van der Waals surface area contributed by atoms with E-state index in [1.807, 2.05) is 12.4 Å². The lowest BCUT2D eigenvalue weighted by Crippen LogP contribution is -2.03. The number of aromatic nitrogens is 1. The molecule has 1 N–H and O–H groups in total. The molecule has 1 heterocycles. The average molecular weight is 157 g/mol. The zero-order chi connectivity index (χ0) is 7.56. The highest BCUT2D eigenvalue weighted by molar-refractivity contribution is 7.09. The maximum absolute atomic E-state index is 9.03. The summed E-state index contributed by atoms with van der Waals surface area (Å²) in [4.78, 5) is 5.27. The molecule has 2 nitrogen and oxygen atoms in total. The number of nitrogens with zero attached hydrogens (tertiary/aromatic N) is 1. The van der Waals surface area contributed by atoms with E-state index >= 15 is 0 Å². The van der Waals surface area contributed by atoms with Crippen molar-refractivity contribution in [3.05, 3.63) is 16.1 Å². The van der Waals surface area contributed by atoms with E-state index in [4.69, 9.17) is 5.11 Å². The first-order valence-corrected chi connectivity index (χ1v) is 4.15. The van der Waals surface area contributed by atoms with Crippen LogP contribution < -0.4 is 0 Å². The average Bonchev–Trinajstić information content (AvgIpc) is 2.15. The maximum atomic E-state index is 9.03. The smallest absolute Gasteiger partial charge is 0.0797 e. The van der Waals surface area contributed by atoms with E-state index in [2.05, 4.69) is 4.98 Å². The van der Waals surface area contributed by atoms with E-state index in [-0.39, 0.29) is 6.10 Å². The lowest BCUT2D eigenvalue weighted by atomic mass is 10.2. The molecule has 0 saturated heterocycles. The van der Waals surface area contributed by atoms with Crippen molar-refractivity contribution >= 4 is 11.3 Å². The molecular formula is C7H11NOS. The molecule has 0 aliphatic heterocycles. The minimum Gasteiger partial charge on any atom is -0.393 e. The molecule has 0 bridgehead atoms. The van der Waals surface area contributed by atoms with Crippen molar-refractivity contribution in [1.82, 2.24) is 4.98 Å². The normalized spacial score (nSPS) is 13.5. The van der Waals surface area contributed by atoms with Crippen molar-refractivity contribution in [2.75, 3.05) is 0 Å². The second kappa shape index (κ2) is 3.12. The lowest BCUT2D eigenvalue weighted by Gasteiger charge is -2.00. The molecule has 3 heteroatoms. The number of hydrogen-bond acceptors (Lipinski definition) is 3. The van der Waals surface area contributed by atoms with Crippen LogP contribution in [-0.2, 0) is 6.42 Å². The Balaban J connectivity index is 2.65. The maximum Gasteiger partial charge on any atom is 0.0797 e. The van der Waals surface area contributed by atoms with Gasteiger partial charge in [-0.15, -0.1) is 11.3 Å². The summed E-state index contributed by atoms with van der Waals surface area (Å²) in [6.45, 7) is 3.76. The molecule has 10 heavy (non-hydrogen) atoms. The summed E-state index contributed by atoms with van der Waals surface area (Å²) in [5, 5.41) is 9.03. The third-order valence-electron chi connectivity index (χ3n) is 1.33. The van der Waals surface area contributed by atoms with Gasteiger partial charge in [0.25, 0.3) is 0 Å². The molecular weight excluding hydrogens is 146 g/mol. The lowest BCUT2D eigenvalue weighted by molar-refractivity contribution is 0.196. The predicted molar refractivity (Wildman–Crippen MR) is 42.2 cm³/mol. The van der Waals surface area contributed by atoms with Gasteiger partial charge < -0.3 is 5.11 Å². The van der Waals surface area contributed by atoms with Crippen molar-refractivity contribution in [2.45, 2.75) is 26.4 Å². The van der Waals surface area contributed by atoms with Crippen molar-refractivity contribution in [2.24, 2.45) is 0 Å². The molecule has 56 valence electrons. The van der Waals surface area contributed by atoms with Crippen LogP contribution in [0.5, 0.6) is 0 Å². The summed E-state index contributed by atoms with van der Waals surface area (Å²) >= 11 is 1.61. The fraction of sp³-hybridized carbons (Fsp3) is 0.571. The molecule has 1 aromatic heterocycles. The van der Waals surface area contributed by atoms with Crippen LogP contribution >= 0.6 is 11.3 Å². The number of thiazole rings is 1. The number of aliphatic hydroxyl groups is 1. The molecule has 1 rings (SSSR count). The molecule has 0 aliphatic rings. The Morgan fingerprint density at radius 3 is 2.90 bits per heavy atom.